The lowest BCUT2D eigenvalue weighted by Gasteiger charge is -2.36. The summed E-state index contributed by atoms with van der Waals surface area (Å²) in [6, 6.07) is 6.02. The van der Waals surface area contributed by atoms with Crippen LogP contribution in [-0.2, 0) is 6.54 Å². The SMILES string of the molecule is Fc1cc(CN2CCNCC2c2cccnc2)cc(F)c1F. The maximum atomic E-state index is 13.4. The molecule has 1 fully saturated rings. The van der Waals surface area contributed by atoms with Crippen molar-refractivity contribution >= 4 is 0 Å². The van der Waals surface area contributed by atoms with Gasteiger partial charge >= 0.3 is 0 Å². The van der Waals surface area contributed by atoms with Crippen LogP contribution in [0.15, 0.2) is 36.7 Å². The third-order valence-corrected chi connectivity index (χ3v) is 3.85. The molecule has 0 aliphatic carbocycles. The number of pyridine rings is 1. The number of benzene rings is 1. The fraction of sp³-hybridized carbons (Fsp3) is 0.312. The Bertz CT molecular complexity index is 625. The van der Waals surface area contributed by atoms with Crippen molar-refractivity contribution in [1.29, 1.82) is 0 Å². The van der Waals surface area contributed by atoms with Crippen molar-refractivity contribution < 1.29 is 13.2 Å². The summed E-state index contributed by atoms with van der Waals surface area (Å²) in [4.78, 5) is 6.23. The van der Waals surface area contributed by atoms with E-state index in [1.54, 1.807) is 12.4 Å². The van der Waals surface area contributed by atoms with Gasteiger partial charge in [0.1, 0.15) is 0 Å². The highest BCUT2D eigenvalue weighted by molar-refractivity contribution is 5.21. The molecule has 1 aliphatic rings. The fourth-order valence-electron chi connectivity index (χ4n) is 2.77. The molecule has 3 rings (SSSR count). The summed E-state index contributed by atoms with van der Waals surface area (Å²) in [6.45, 7) is 2.62. The van der Waals surface area contributed by atoms with Gasteiger partial charge in [-0.2, -0.15) is 0 Å². The largest absolute Gasteiger partial charge is 0.314 e. The van der Waals surface area contributed by atoms with Crippen LogP contribution in [0.4, 0.5) is 13.2 Å². The van der Waals surface area contributed by atoms with Gasteiger partial charge in [0.05, 0.1) is 0 Å². The highest BCUT2D eigenvalue weighted by atomic mass is 19.2. The molecule has 1 aliphatic heterocycles. The van der Waals surface area contributed by atoms with E-state index in [2.05, 4.69) is 15.2 Å². The number of nitrogens with zero attached hydrogens (tertiary/aromatic N) is 2. The van der Waals surface area contributed by atoms with Gasteiger partial charge < -0.3 is 5.32 Å². The molecule has 116 valence electrons. The van der Waals surface area contributed by atoms with Gasteiger partial charge in [0, 0.05) is 44.6 Å². The Morgan fingerprint density at radius 3 is 2.68 bits per heavy atom. The van der Waals surface area contributed by atoms with Gasteiger partial charge in [-0.25, -0.2) is 13.2 Å². The molecule has 1 N–H and O–H groups in total. The van der Waals surface area contributed by atoms with Crippen LogP contribution in [0.5, 0.6) is 0 Å². The maximum absolute atomic E-state index is 13.4. The Balaban J connectivity index is 1.83. The second kappa shape index (κ2) is 6.46. The van der Waals surface area contributed by atoms with Gasteiger partial charge in [0.2, 0.25) is 0 Å². The van der Waals surface area contributed by atoms with Gasteiger partial charge in [-0.15, -0.1) is 0 Å². The minimum absolute atomic E-state index is 0.0682. The molecule has 2 heterocycles. The summed E-state index contributed by atoms with van der Waals surface area (Å²) < 4.78 is 39.8. The van der Waals surface area contributed by atoms with Gasteiger partial charge in [-0.3, -0.25) is 9.88 Å². The summed E-state index contributed by atoms with van der Waals surface area (Å²) in [6.07, 6.45) is 3.49. The van der Waals surface area contributed by atoms with E-state index in [4.69, 9.17) is 0 Å². The van der Waals surface area contributed by atoms with Crippen LogP contribution < -0.4 is 5.32 Å². The van der Waals surface area contributed by atoms with E-state index >= 15 is 0 Å². The molecule has 1 unspecified atom stereocenters. The first-order valence-electron chi connectivity index (χ1n) is 7.13. The Kier molecular flexibility index (Phi) is 4.40. The normalized spacial score (nSPS) is 19.3. The van der Waals surface area contributed by atoms with E-state index in [9.17, 15) is 13.2 Å². The fourth-order valence-corrected chi connectivity index (χ4v) is 2.77. The van der Waals surface area contributed by atoms with Crippen LogP contribution >= 0.6 is 0 Å². The zero-order chi connectivity index (χ0) is 15.5. The topological polar surface area (TPSA) is 28.2 Å². The van der Waals surface area contributed by atoms with E-state index in [-0.39, 0.29) is 6.04 Å². The van der Waals surface area contributed by atoms with Crippen molar-refractivity contribution in [1.82, 2.24) is 15.2 Å². The van der Waals surface area contributed by atoms with E-state index in [0.29, 0.717) is 12.1 Å². The molecule has 3 nitrogen and oxygen atoms in total. The van der Waals surface area contributed by atoms with Gasteiger partial charge in [0.25, 0.3) is 0 Å². The van der Waals surface area contributed by atoms with E-state index in [0.717, 1.165) is 37.3 Å². The highest BCUT2D eigenvalue weighted by Crippen LogP contribution is 2.24. The maximum Gasteiger partial charge on any atom is 0.194 e. The molecular weight excluding hydrogens is 291 g/mol. The molecular formula is C16H16F3N3. The van der Waals surface area contributed by atoms with Gasteiger partial charge in [-0.05, 0) is 29.3 Å². The first-order valence-corrected chi connectivity index (χ1v) is 7.13. The quantitative estimate of drug-likeness (QED) is 0.884. The zero-order valence-electron chi connectivity index (χ0n) is 11.9. The first kappa shape index (κ1) is 15.0. The molecule has 0 bridgehead atoms. The molecule has 2 aromatic rings. The standard InChI is InChI=1S/C16H16F3N3/c17-13-6-11(7-14(18)16(13)19)10-22-5-4-21-9-15(22)12-2-1-3-20-8-12/h1-3,6-8,15,21H,4-5,9-10H2. The number of piperazine rings is 1. The van der Waals surface area contributed by atoms with Crippen molar-refractivity contribution in [2.45, 2.75) is 12.6 Å². The van der Waals surface area contributed by atoms with Crippen molar-refractivity contribution in [3.05, 3.63) is 65.2 Å². The third kappa shape index (κ3) is 3.13. The molecule has 1 atom stereocenters. The lowest BCUT2D eigenvalue weighted by atomic mass is 10.0. The Morgan fingerprint density at radius 1 is 1.23 bits per heavy atom. The monoisotopic (exact) mass is 307 g/mol. The molecule has 0 radical (unpaired) electrons. The summed E-state index contributed by atoms with van der Waals surface area (Å²) in [5, 5.41) is 3.30. The van der Waals surface area contributed by atoms with Crippen LogP contribution in [0.3, 0.4) is 0 Å². The minimum atomic E-state index is -1.42. The van der Waals surface area contributed by atoms with Crippen molar-refractivity contribution in [2.75, 3.05) is 19.6 Å². The van der Waals surface area contributed by atoms with Crippen molar-refractivity contribution in [2.24, 2.45) is 0 Å². The van der Waals surface area contributed by atoms with Crippen molar-refractivity contribution in [3.63, 3.8) is 0 Å². The molecule has 22 heavy (non-hydrogen) atoms. The highest BCUT2D eigenvalue weighted by Gasteiger charge is 2.24. The molecule has 6 heteroatoms. The lowest BCUT2D eigenvalue weighted by molar-refractivity contribution is 0.153. The minimum Gasteiger partial charge on any atom is -0.314 e. The van der Waals surface area contributed by atoms with Crippen molar-refractivity contribution in [3.8, 4) is 0 Å². The van der Waals surface area contributed by atoms with E-state index in [1.165, 1.54) is 0 Å². The third-order valence-electron chi connectivity index (χ3n) is 3.85. The van der Waals surface area contributed by atoms with Gasteiger partial charge in [0.15, 0.2) is 17.5 Å². The number of nitrogens with one attached hydrogen (secondary N) is 1. The zero-order valence-corrected chi connectivity index (χ0v) is 11.9. The van der Waals surface area contributed by atoms with Crippen LogP contribution in [0.25, 0.3) is 0 Å². The number of hydrogen-bond acceptors (Lipinski definition) is 3. The number of hydrogen-bond donors (Lipinski definition) is 1. The van der Waals surface area contributed by atoms with Crippen LogP contribution in [0, 0.1) is 17.5 Å². The van der Waals surface area contributed by atoms with Crippen LogP contribution in [0.2, 0.25) is 0 Å². The van der Waals surface area contributed by atoms with Crippen LogP contribution in [-0.4, -0.2) is 29.5 Å². The number of aromatic nitrogens is 1. The predicted molar refractivity (Wildman–Crippen MR) is 76.6 cm³/mol. The smallest absolute Gasteiger partial charge is 0.194 e. The molecule has 1 saturated heterocycles. The summed E-state index contributed by atoms with van der Waals surface area (Å²) in [5.41, 5.74) is 1.46. The van der Waals surface area contributed by atoms with E-state index in [1.807, 2.05) is 12.1 Å². The second-order valence-corrected chi connectivity index (χ2v) is 5.35. The molecule has 1 aromatic carbocycles. The van der Waals surface area contributed by atoms with Gasteiger partial charge in [-0.1, -0.05) is 6.07 Å². The number of halogens is 3. The second-order valence-electron chi connectivity index (χ2n) is 5.35. The van der Waals surface area contributed by atoms with Crippen LogP contribution in [0.1, 0.15) is 17.2 Å². The Labute approximate surface area is 126 Å². The summed E-state index contributed by atoms with van der Waals surface area (Å²) in [5.74, 6) is -3.72. The lowest BCUT2D eigenvalue weighted by Crippen LogP contribution is -2.45. The molecule has 0 amide bonds. The first-order chi connectivity index (χ1) is 10.6. The Morgan fingerprint density at radius 2 is 2.00 bits per heavy atom. The van der Waals surface area contributed by atoms with E-state index < -0.39 is 17.5 Å². The summed E-state index contributed by atoms with van der Waals surface area (Å²) in [7, 11) is 0. The molecule has 0 spiro atoms. The predicted octanol–water partition coefficient (Wildman–Crippen LogP) is 2.65. The number of rotatable bonds is 3. The average molecular weight is 307 g/mol. The molecule has 1 aromatic heterocycles. The Hall–Kier alpha value is -1.92. The average Bonchev–Trinajstić information content (AvgIpc) is 2.54. The summed E-state index contributed by atoms with van der Waals surface area (Å²) >= 11 is 0. The molecule has 0 saturated carbocycles.